The zero-order chi connectivity index (χ0) is 16.5. The van der Waals surface area contributed by atoms with Gasteiger partial charge in [-0.05, 0) is 6.07 Å². The Morgan fingerprint density at radius 2 is 2.17 bits per heavy atom. The highest BCUT2D eigenvalue weighted by molar-refractivity contribution is 5.94. The van der Waals surface area contributed by atoms with Crippen molar-refractivity contribution in [1.29, 1.82) is 5.26 Å². The zero-order valence-electron chi connectivity index (χ0n) is 13.1. The van der Waals surface area contributed by atoms with Crippen molar-refractivity contribution in [3.63, 3.8) is 0 Å². The highest BCUT2D eigenvalue weighted by Gasteiger charge is 2.28. The standard InChI is InChI=1S/C17H15N5O2/c1-11-20-21-17(24-11)15-10-22(6-7-23-15)16-12(8-18)9-19-14-5-3-2-4-13(14)16/h2-5,9,15H,6-7,10H2,1H3. The number of ether oxygens (including phenoxy) is 1. The average Bonchev–Trinajstić information content (AvgIpc) is 3.07. The number of nitrogens with zero attached hydrogens (tertiary/aromatic N) is 5. The summed E-state index contributed by atoms with van der Waals surface area (Å²) in [7, 11) is 0. The largest absolute Gasteiger partial charge is 0.423 e. The number of hydrogen-bond acceptors (Lipinski definition) is 7. The Kier molecular flexibility index (Phi) is 3.59. The second kappa shape index (κ2) is 5.91. The number of anilines is 1. The van der Waals surface area contributed by atoms with Crippen LogP contribution in [0.2, 0.25) is 0 Å². The van der Waals surface area contributed by atoms with Crippen molar-refractivity contribution in [2.24, 2.45) is 0 Å². The summed E-state index contributed by atoms with van der Waals surface area (Å²) in [6.45, 7) is 3.51. The van der Waals surface area contributed by atoms with Gasteiger partial charge in [-0.2, -0.15) is 5.26 Å². The second-order valence-corrected chi connectivity index (χ2v) is 5.61. The lowest BCUT2D eigenvalue weighted by Gasteiger charge is -2.34. The number of para-hydroxylation sites is 1. The van der Waals surface area contributed by atoms with Crippen LogP contribution >= 0.6 is 0 Å². The smallest absolute Gasteiger partial charge is 0.246 e. The van der Waals surface area contributed by atoms with E-state index in [1.54, 1.807) is 13.1 Å². The summed E-state index contributed by atoms with van der Waals surface area (Å²) in [5, 5.41) is 18.4. The lowest BCUT2D eigenvalue weighted by Crippen LogP contribution is -2.39. The molecule has 1 unspecified atom stereocenters. The van der Waals surface area contributed by atoms with E-state index in [9.17, 15) is 5.26 Å². The minimum absolute atomic E-state index is 0.307. The Labute approximate surface area is 138 Å². The van der Waals surface area contributed by atoms with Crippen LogP contribution in [-0.2, 0) is 4.74 Å². The number of morpholine rings is 1. The number of hydrogen-bond donors (Lipinski definition) is 0. The SMILES string of the molecule is Cc1nnc(C2CN(c3c(C#N)cnc4ccccc34)CCO2)o1. The summed E-state index contributed by atoms with van der Waals surface area (Å²) >= 11 is 0. The van der Waals surface area contributed by atoms with E-state index in [1.807, 2.05) is 24.3 Å². The van der Waals surface area contributed by atoms with Crippen molar-refractivity contribution >= 4 is 16.6 Å². The molecule has 3 aromatic rings. The van der Waals surface area contributed by atoms with Gasteiger partial charge in [0.05, 0.1) is 29.9 Å². The lowest BCUT2D eigenvalue weighted by molar-refractivity contribution is 0.0217. The van der Waals surface area contributed by atoms with Crippen LogP contribution in [0.3, 0.4) is 0 Å². The molecule has 1 aromatic carbocycles. The van der Waals surface area contributed by atoms with Crippen LogP contribution in [0.25, 0.3) is 10.9 Å². The van der Waals surface area contributed by atoms with Crippen LogP contribution in [0, 0.1) is 18.3 Å². The summed E-state index contributed by atoms with van der Waals surface area (Å²) in [5.74, 6) is 0.979. The van der Waals surface area contributed by atoms with E-state index in [-0.39, 0.29) is 6.10 Å². The van der Waals surface area contributed by atoms with Crippen LogP contribution in [0.1, 0.15) is 23.4 Å². The van der Waals surface area contributed by atoms with Gasteiger partial charge in [-0.1, -0.05) is 18.2 Å². The second-order valence-electron chi connectivity index (χ2n) is 5.61. The molecule has 7 nitrogen and oxygen atoms in total. The Bertz CT molecular complexity index is 930. The van der Waals surface area contributed by atoms with Gasteiger partial charge in [0.25, 0.3) is 0 Å². The maximum absolute atomic E-state index is 9.51. The van der Waals surface area contributed by atoms with Gasteiger partial charge in [0.2, 0.25) is 11.8 Å². The molecule has 0 aliphatic carbocycles. The van der Waals surface area contributed by atoms with Gasteiger partial charge in [-0.15, -0.1) is 10.2 Å². The average molecular weight is 321 g/mol. The van der Waals surface area contributed by atoms with Crippen molar-refractivity contribution in [1.82, 2.24) is 15.2 Å². The molecule has 0 radical (unpaired) electrons. The zero-order valence-corrected chi connectivity index (χ0v) is 13.1. The molecule has 2 aromatic heterocycles. The summed E-state index contributed by atoms with van der Waals surface area (Å²) in [5.41, 5.74) is 2.30. The predicted octanol–water partition coefficient (Wildman–Crippen LogP) is 2.38. The third-order valence-corrected chi connectivity index (χ3v) is 4.07. The number of aromatic nitrogens is 3. The molecule has 1 fully saturated rings. The summed E-state index contributed by atoms with van der Waals surface area (Å²) in [6.07, 6.45) is 1.32. The summed E-state index contributed by atoms with van der Waals surface area (Å²) in [6, 6.07) is 10.1. The fraction of sp³-hybridized carbons (Fsp3) is 0.294. The molecule has 1 aliphatic heterocycles. The van der Waals surface area contributed by atoms with Gasteiger partial charge in [0, 0.05) is 25.1 Å². The molecule has 3 heterocycles. The van der Waals surface area contributed by atoms with Crippen molar-refractivity contribution in [3.05, 3.63) is 47.8 Å². The number of rotatable bonds is 2. The minimum Gasteiger partial charge on any atom is -0.423 e. The first kappa shape index (κ1) is 14.6. The first-order valence-electron chi connectivity index (χ1n) is 7.70. The third-order valence-electron chi connectivity index (χ3n) is 4.07. The molecule has 0 saturated carbocycles. The number of aryl methyl sites for hydroxylation is 1. The minimum atomic E-state index is -0.307. The molecule has 4 rings (SSSR count). The Morgan fingerprint density at radius 1 is 1.29 bits per heavy atom. The molecular weight excluding hydrogens is 306 g/mol. The Hall–Kier alpha value is -2.98. The molecule has 7 heteroatoms. The van der Waals surface area contributed by atoms with E-state index < -0.39 is 0 Å². The maximum atomic E-state index is 9.51. The monoisotopic (exact) mass is 321 g/mol. The van der Waals surface area contributed by atoms with Crippen LogP contribution < -0.4 is 4.90 Å². The van der Waals surface area contributed by atoms with Crippen LogP contribution in [0.4, 0.5) is 5.69 Å². The maximum Gasteiger partial charge on any atom is 0.246 e. The molecule has 1 saturated heterocycles. The highest BCUT2D eigenvalue weighted by Crippen LogP contribution is 2.32. The molecule has 120 valence electrons. The van der Waals surface area contributed by atoms with E-state index >= 15 is 0 Å². The molecule has 0 bridgehead atoms. The Balaban J connectivity index is 1.75. The fourth-order valence-corrected chi connectivity index (χ4v) is 2.99. The summed E-state index contributed by atoms with van der Waals surface area (Å²) in [4.78, 5) is 6.50. The van der Waals surface area contributed by atoms with Gasteiger partial charge < -0.3 is 14.1 Å². The molecule has 0 amide bonds. The van der Waals surface area contributed by atoms with Crippen molar-refractivity contribution in [2.75, 3.05) is 24.6 Å². The van der Waals surface area contributed by atoms with Gasteiger partial charge in [0.15, 0.2) is 6.10 Å². The molecule has 1 atom stereocenters. The number of benzene rings is 1. The van der Waals surface area contributed by atoms with Gasteiger partial charge in [-0.3, -0.25) is 4.98 Å². The first-order chi connectivity index (χ1) is 11.8. The van der Waals surface area contributed by atoms with Crippen LogP contribution in [-0.4, -0.2) is 34.9 Å². The molecule has 1 aliphatic rings. The Morgan fingerprint density at radius 3 is 2.96 bits per heavy atom. The molecule has 24 heavy (non-hydrogen) atoms. The van der Waals surface area contributed by atoms with Crippen LogP contribution in [0.5, 0.6) is 0 Å². The number of fused-ring (bicyclic) bond motifs is 1. The molecular formula is C17H15N5O2. The number of pyridine rings is 1. The quantitative estimate of drug-likeness (QED) is 0.716. The molecule has 0 N–H and O–H groups in total. The first-order valence-corrected chi connectivity index (χ1v) is 7.70. The summed E-state index contributed by atoms with van der Waals surface area (Å²) < 4.78 is 11.3. The molecule has 0 spiro atoms. The fourth-order valence-electron chi connectivity index (χ4n) is 2.99. The van der Waals surface area contributed by atoms with Gasteiger partial charge in [-0.25, -0.2) is 0 Å². The number of nitriles is 1. The van der Waals surface area contributed by atoms with Crippen LogP contribution in [0.15, 0.2) is 34.9 Å². The van der Waals surface area contributed by atoms with Crippen molar-refractivity contribution < 1.29 is 9.15 Å². The third kappa shape index (κ3) is 2.47. The van der Waals surface area contributed by atoms with E-state index in [0.717, 1.165) is 16.6 Å². The normalized spacial score (nSPS) is 17.8. The lowest BCUT2D eigenvalue weighted by atomic mass is 10.1. The van der Waals surface area contributed by atoms with Gasteiger partial charge in [0.1, 0.15) is 6.07 Å². The highest BCUT2D eigenvalue weighted by atomic mass is 16.5. The van der Waals surface area contributed by atoms with E-state index in [4.69, 9.17) is 9.15 Å². The van der Waals surface area contributed by atoms with Crippen molar-refractivity contribution in [2.45, 2.75) is 13.0 Å². The van der Waals surface area contributed by atoms with E-state index in [0.29, 0.717) is 37.0 Å². The van der Waals surface area contributed by atoms with Crippen molar-refractivity contribution in [3.8, 4) is 6.07 Å². The topological polar surface area (TPSA) is 88.1 Å². The van der Waals surface area contributed by atoms with E-state index in [2.05, 4.69) is 26.2 Å². The predicted molar refractivity (Wildman–Crippen MR) is 86.4 cm³/mol. The van der Waals surface area contributed by atoms with Gasteiger partial charge >= 0.3 is 0 Å². The van der Waals surface area contributed by atoms with E-state index in [1.165, 1.54) is 0 Å².